The molecule has 0 aromatic carbocycles. The van der Waals surface area contributed by atoms with Crippen molar-refractivity contribution in [1.29, 1.82) is 0 Å². The zero-order chi connectivity index (χ0) is 13.8. The van der Waals surface area contributed by atoms with Gasteiger partial charge in [-0.1, -0.05) is 0 Å². The van der Waals surface area contributed by atoms with Crippen LogP contribution in [-0.2, 0) is 4.79 Å². The number of amides is 1. The Morgan fingerprint density at radius 1 is 1.53 bits per heavy atom. The third-order valence-electron chi connectivity index (χ3n) is 2.24. The predicted molar refractivity (Wildman–Crippen MR) is 75.3 cm³/mol. The Balaban J connectivity index is 1.98. The van der Waals surface area contributed by atoms with Crippen LogP contribution >= 0.6 is 23.4 Å². The van der Waals surface area contributed by atoms with Crippen molar-refractivity contribution in [3.63, 3.8) is 0 Å². The monoisotopic (exact) mass is 299 g/mol. The molecule has 2 heterocycles. The smallest absolute Gasteiger partial charge is 0.225 e. The second-order valence-electron chi connectivity index (χ2n) is 4.22. The summed E-state index contributed by atoms with van der Waals surface area (Å²) in [5.74, 6) is 0.656. The molecule has 19 heavy (non-hydrogen) atoms. The van der Waals surface area contributed by atoms with Crippen molar-refractivity contribution >= 4 is 40.4 Å². The fourth-order valence-electron chi connectivity index (χ4n) is 1.52. The van der Waals surface area contributed by atoms with Crippen molar-refractivity contribution in [3.05, 3.63) is 11.6 Å². The summed E-state index contributed by atoms with van der Waals surface area (Å²) < 4.78 is 0. The number of nitrogens with one attached hydrogen (secondary N) is 2. The highest BCUT2D eigenvalue weighted by molar-refractivity contribution is 7.99. The van der Waals surface area contributed by atoms with Gasteiger partial charge in [0.15, 0.2) is 5.65 Å². The number of halogens is 1. The molecule has 0 unspecified atom stereocenters. The lowest BCUT2D eigenvalue weighted by Crippen LogP contribution is -2.30. The maximum atomic E-state index is 11.5. The minimum atomic E-state index is 0.0310. The zero-order valence-electron chi connectivity index (χ0n) is 10.6. The van der Waals surface area contributed by atoms with Crippen molar-refractivity contribution in [2.75, 3.05) is 5.75 Å². The Morgan fingerprint density at radius 2 is 2.32 bits per heavy atom. The molecule has 2 rings (SSSR count). The lowest BCUT2D eigenvalue weighted by molar-refractivity contribution is -0.121. The van der Waals surface area contributed by atoms with Crippen LogP contribution in [0.4, 0.5) is 0 Å². The van der Waals surface area contributed by atoms with Gasteiger partial charge in [0.25, 0.3) is 0 Å². The number of H-pyrrole nitrogens is 1. The SMILES string of the molecule is CC(C)NC(=O)CCSc1nc(Cl)nc2nc[nH]c12. The Labute approximate surface area is 119 Å². The number of rotatable bonds is 5. The minimum Gasteiger partial charge on any atom is -0.354 e. The molecule has 0 saturated heterocycles. The van der Waals surface area contributed by atoms with Gasteiger partial charge in [-0.25, -0.2) is 9.97 Å². The van der Waals surface area contributed by atoms with Gasteiger partial charge in [0.05, 0.1) is 6.33 Å². The number of hydrogen-bond donors (Lipinski definition) is 2. The molecule has 0 atom stereocenters. The van der Waals surface area contributed by atoms with Gasteiger partial charge >= 0.3 is 0 Å². The molecule has 6 nitrogen and oxygen atoms in total. The summed E-state index contributed by atoms with van der Waals surface area (Å²) in [4.78, 5) is 26.7. The zero-order valence-corrected chi connectivity index (χ0v) is 12.2. The van der Waals surface area contributed by atoms with Crippen molar-refractivity contribution in [2.45, 2.75) is 31.3 Å². The molecule has 0 aliphatic rings. The van der Waals surface area contributed by atoms with Gasteiger partial charge in [0.1, 0.15) is 10.5 Å². The van der Waals surface area contributed by atoms with Gasteiger partial charge < -0.3 is 10.3 Å². The van der Waals surface area contributed by atoms with E-state index in [4.69, 9.17) is 11.6 Å². The van der Waals surface area contributed by atoms with Crippen LogP contribution in [0.15, 0.2) is 11.4 Å². The second-order valence-corrected chi connectivity index (χ2v) is 5.64. The van der Waals surface area contributed by atoms with E-state index < -0.39 is 0 Å². The maximum absolute atomic E-state index is 11.5. The number of imidazole rings is 1. The van der Waals surface area contributed by atoms with Gasteiger partial charge in [0, 0.05) is 18.2 Å². The van der Waals surface area contributed by atoms with Gasteiger partial charge in [-0.2, -0.15) is 4.98 Å². The summed E-state index contributed by atoms with van der Waals surface area (Å²) in [5.41, 5.74) is 1.28. The number of hydrogen-bond acceptors (Lipinski definition) is 5. The van der Waals surface area contributed by atoms with Crippen LogP contribution in [0.1, 0.15) is 20.3 Å². The van der Waals surface area contributed by atoms with Crippen LogP contribution in [0.5, 0.6) is 0 Å². The van der Waals surface area contributed by atoms with E-state index in [0.717, 1.165) is 5.52 Å². The Morgan fingerprint density at radius 3 is 3.05 bits per heavy atom. The molecule has 0 radical (unpaired) electrons. The largest absolute Gasteiger partial charge is 0.354 e. The minimum absolute atomic E-state index is 0.0310. The molecule has 0 aliphatic carbocycles. The quantitative estimate of drug-likeness (QED) is 0.501. The normalized spacial score (nSPS) is 11.2. The van der Waals surface area contributed by atoms with E-state index >= 15 is 0 Å². The lowest BCUT2D eigenvalue weighted by Gasteiger charge is -2.07. The average Bonchev–Trinajstić information content (AvgIpc) is 2.75. The first-order valence-electron chi connectivity index (χ1n) is 5.85. The highest BCUT2D eigenvalue weighted by Crippen LogP contribution is 2.24. The number of aromatic amines is 1. The standard InChI is InChI=1S/C11H14ClN5OS/c1-6(2)15-7(18)3-4-19-10-8-9(14-5-13-8)16-11(12)17-10/h5-6H,3-4H2,1-2H3,(H,15,18)(H,13,14,16,17). The summed E-state index contributed by atoms with van der Waals surface area (Å²) in [7, 11) is 0. The van der Waals surface area contributed by atoms with Crippen molar-refractivity contribution < 1.29 is 4.79 Å². The van der Waals surface area contributed by atoms with Gasteiger partial charge in [-0.05, 0) is 25.4 Å². The number of thioether (sulfide) groups is 1. The van der Waals surface area contributed by atoms with E-state index in [-0.39, 0.29) is 17.2 Å². The fourth-order valence-corrected chi connectivity index (χ4v) is 2.66. The molecule has 0 aliphatic heterocycles. The first kappa shape index (κ1) is 14.1. The highest BCUT2D eigenvalue weighted by atomic mass is 35.5. The molecule has 0 bridgehead atoms. The summed E-state index contributed by atoms with van der Waals surface area (Å²) in [6.45, 7) is 3.87. The van der Waals surface area contributed by atoms with Crippen LogP contribution in [-0.4, -0.2) is 37.6 Å². The molecular formula is C11H14ClN5OS. The van der Waals surface area contributed by atoms with E-state index in [9.17, 15) is 4.79 Å². The molecule has 102 valence electrons. The molecule has 2 aromatic heterocycles. The van der Waals surface area contributed by atoms with Crippen LogP contribution < -0.4 is 5.32 Å². The molecule has 0 spiro atoms. The lowest BCUT2D eigenvalue weighted by atomic mass is 10.3. The Hall–Kier alpha value is -1.34. The number of aromatic nitrogens is 4. The molecule has 2 aromatic rings. The highest BCUT2D eigenvalue weighted by Gasteiger charge is 2.10. The first-order chi connectivity index (χ1) is 9.06. The maximum Gasteiger partial charge on any atom is 0.225 e. The predicted octanol–water partition coefficient (Wildman–Crippen LogP) is 2.01. The van der Waals surface area contributed by atoms with Gasteiger partial charge in [0.2, 0.25) is 11.2 Å². The second kappa shape index (κ2) is 6.21. The molecule has 0 saturated carbocycles. The third kappa shape index (κ3) is 3.81. The molecule has 8 heteroatoms. The molecule has 2 N–H and O–H groups in total. The van der Waals surface area contributed by atoms with Crippen molar-refractivity contribution in [3.8, 4) is 0 Å². The van der Waals surface area contributed by atoms with Crippen LogP contribution in [0.2, 0.25) is 5.28 Å². The van der Waals surface area contributed by atoms with E-state index in [1.807, 2.05) is 13.8 Å². The van der Waals surface area contributed by atoms with Gasteiger partial charge in [-0.15, -0.1) is 11.8 Å². The Kier molecular flexibility index (Phi) is 4.60. The van der Waals surface area contributed by atoms with Crippen molar-refractivity contribution in [1.82, 2.24) is 25.3 Å². The summed E-state index contributed by atoms with van der Waals surface area (Å²) >= 11 is 7.28. The molecular weight excluding hydrogens is 286 g/mol. The van der Waals surface area contributed by atoms with Crippen molar-refractivity contribution in [2.24, 2.45) is 0 Å². The van der Waals surface area contributed by atoms with Crippen LogP contribution in [0, 0.1) is 0 Å². The Bertz CT molecular complexity index is 585. The topological polar surface area (TPSA) is 83.6 Å². The molecule has 1 amide bonds. The van der Waals surface area contributed by atoms with E-state index in [2.05, 4.69) is 25.3 Å². The fraction of sp³-hybridized carbons (Fsp3) is 0.455. The average molecular weight is 300 g/mol. The van der Waals surface area contributed by atoms with E-state index in [1.165, 1.54) is 11.8 Å². The number of fused-ring (bicyclic) bond motifs is 1. The summed E-state index contributed by atoms with van der Waals surface area (Å²) in [6.07, 6.45) is 1.98. The van der Waals surface area contributed by atoms with E-state index in [1.54, 1.807) is 6.33 Å². The van der Waals surface area contributed by atoms with Crippen LogP contribution in [0.25, 0.3) is 11.2 Å². The summed E-state index contributed by atoms with van der Waals surface area (Å²) in [6, 6.07) is 0.158. The number of carbonyl (C=O) groups excluding carboxylic acids is 1. The first-order valence-corrected chi connectivity index (χ1v) is 7.21. The summed E-state index contributed by atoms with van der Waals surface area (Å²) in [5, 5.41) is 3.72. The van der Waals surface area contributed by atoms with E-state index in [0.29, 0.717) is 22.8 Å². The number of nitrogens with zero attached hydrogens (tertiary/aromatic N) is 3. The third-order valence-corrected chi connectivity index (χ3v) is 3.39. The molecule has 0 fully saturated rings. The van der Waals surface area contributed by atoms with Crippen LogP contribution in [0.3, 0.4) is 0 Å². The van der Waals surface area contributed by atoms with Gasteiger partial charge in [-0.3, -0.25) is 4.79 Å². The number of carbonyl (C=O) groups is 1.